The van der Waals surface area contributed by atoms with Gasteiger partial charge in [0, 0.05) is 6.54 Å². The first kappa shape index (κ1) is 14.8. The van der Waals surface area contributed by atoms with Crippen LogP contribution in [0.1, 0.15) is 25.8 Å². The Hall–Kier alpha value is -1.26. The second kappa shape index (κ2) is 6.61. The Morgan fingerprint density at radius 1 is 1.22 bits per heavy atom. The van der Waals surface area contributed by atoms with Crippen molar-refractivity contribution in [1.29, 1.82) is 0 Å². The number of nitrogens with one attached hydrogen (secondary N) is 1. The van der Waals surface area contributed by atoms with E-state index >= 15 is 0 Å². The Bertz CT molecular complexity index is 377. The van der Waals surface area contributed by atoms with E-state index in [1.807, 2.05) is 18.2 Å². The molecule has 1 unspecified atom stereocenters. The molecule has 0 bridgehead atoms. The van der Waals surface area contributed by atoms with Gasteiger partial charge in [-0.05, 0) is 37.6 Å². The molecule has 1 rings (SSSR count). The van der Waals surface area contributed by atoms with Gasteiger partial charge in [0.25, 0.3) is 0 Å². The Kier molecular flexibility index (Phi) is 5.44. The minimum atomic E-state index is -0.922. The van der Waals surface area contributed by atoms with Crippen molar-refractivity contribution < 1.29 is 14.6 Å². The topological polar surface area (TPSA) is 50.7 Å². The lowest BCUT2D eigenvalue weighted by molar-refractivity contribution is 0.0569. The maximum atomic E-state index is 10.4. The van der Waals surface area contributed by atoms with Crippen LogP contribution in [0.5, 0.6) is 11.5 Å². The van der Waals surface area contributed by atoms with Gasteiger partial charge in [-0.1, -0.05) is 13.0 Å². The molecule has 0 saturated carbocycles. The summed E-state index contributed by atoms with van der Waals surface area (Å²) in [5.74, 6) is 1.30. The van der Waals surface area contributed by atoms with Crippen LogP contribution in [0.4, 0.5) is 0 Å². The number of methoxy groups -OCH3 is 2. The highest BCUT2D eigenvalue weighted by molar-refractivity contribution is 5.44. The predicted octanol–water partition coefficient (Wildman–Crippen LogP) is 1.91. The van der Waals surface area contributed by atoms with Gasteiger partial charge in [0.05, 0.1) is 19.8 Å². The van der Waals surface area contributed by atoms with Crippen molar-refractivity contribution in [2.45, 2.75) is 25.9 Å². The van der Waals surface area contributed by atoms with Crippen LogP contribution in [0.15, 0.2) is 18.2 Å². The van der Waals surface area contributed by atoms with Crippen molar-refractivity contribution in [2.24, 2.45) is 0 Å². The van der Waals surface area contributed by atoms with Crippen molar-refractivity contribution in [3.8, 4) is 11.5 Å². The first-order chi connectivity index (χ1) is 8.55. The SMILES string of the molecule is CCCNCC(C)(O)c1ccc(OC)c(OC)c1. The zero-order valence-electron chi connectivity index (χ0n) is 11.6. The Morgan fingerprint density at radius 2 is 1.89 bits per heavy atom. The second-order valence-corrected chi connectivity index (χ2v) is 4.52. The maximum absolute atomic E-state index is 10.4. The summed E-state index contributed by atoms with van der Waals surface area (Å²) < 4.78 is 10.4. The van der Waals surface area contributed by atoms with Crippen molar-refractivity contribution in [3.05, 3.63) is 23.8 Å². The molecule has 0 spiro atoms. The fraction of sp³-hybridized carbons (Fsp3) is 0.571. The molecule has 1 atom stereocenters. The summed E-state index contributed by atoms with van der Waals surface area (Å²) in [6.07, 6.45) is 1.04. The smallest absolute Gasteiger partial charge is 0.161 e. The van der Waals surface area contributed by atoms with Crippen molar-refractivity contribution in [1.82, 2.24) is 5.32 Å². The zero-order valence-corrected chi connectivity index (χ0v) is 11.6. The van der Waals surface area contributed by atoms with E-state index in [0.717, 1.165) is 18.5 Å². The summed E-state index contributed by atoms with van der Waals surface area (Å²) in [7, 11) is 3.18. The molecule has 0 aromatic heterocycles. The fourth-order valence-corrected chi connectivity index (χ4v) is 1.78. The van der Waals surface area contributed by atoms with Crippen LogP contribution in [-0.4, -0.2) is 32.4 Å². The van der Waals surface area contributed by atoms with Gasteiger partial charge in [0.15, 0.2) is 11.5 Å². The minimum absolute atomic E-state index is 0.510. The number of benzene rings is 1. The first-order valence-electron chi connectivity index (χ1n) is 6.20. The van der Waals surface area contributed by atoms with Crippen LogP contribution in [-0.2, 0) is 5.60 Å². The summed E-state index contributed by atoms with van der Waals surface area (Å²) in [5.41, 5.74) is -0.113. The Balaban J connectivity index is 2.87. The van der Waals surface area contributed by atoms with Crippen LogP contribution in [0.25, 0.3) is 0 Å². The van der Waals surface area contributed by atoms with Gasteiger partial charge < -0.3 is 19.9 Å². The maximum Gasteiger partial charge on any atom is 0.161 e. The zero-order chi connectivity index (χ0) is 13.6. The number of rotatable bonds is 7. The third-order valence-corrected chi connectivity index (χ3v) is 2.90. The summed E-state index contributed by atoms with van der Waals surface area (Å²) in [6.45, 7) is 5.29. The van der Waals surface area contributed by atoms with Crippen LogP contribution in [0.2, 0.25) is 0 Å². The van der Waals surface area contributed by atoms with E-state index in [-0.39, 0.29) is 0 Å². The number of aliphatic hydroxyl groups is 1. The van der Waals surface area contributed by atoms with Gasteiger partial charge in [0.1, 0.15) is 0 Å². The van der Waals surface area contributed by atoms with Crippen LogP contribution in [0.3, 0.4) is 0 Å². The predicted molar refractivity (Wildman–Crippen MR) is 72.3 cm³/mol. The van der Waals surface area contributed by atoms with E-state index in [2.05, 4.69) is 12.2 Å². The highest BCUT2D eigenvalue weighted by Crippen LogP contribution is 2.31. The van der Waals surface area contributed by atoms with Crippen molar-refractivity contribution in [2.75, 3.05) is 27.3 Å². The van der Waals surface area contributed by atoms with Crippen LogP contribution in [0, 0.1) is 0 Å². The molecular formula is C14H23NO3. The van der Waals surface area contributed by atoms with Gasteiger partial charge in [-0.15, -0.1) is 0 Å². The highest BCUT2D eigenvalue weighted by atomic mass is 16.5. The highest BCUT2D eigenvalue weighted by Gasteiger charge is 2.23. The normalized spacial score (nSPS) is 14.1. The quantitative estimate of drug-likeness (QED) is 0.729. The first-order valence-corrected chi connectivity index (χ1v) is 6.20. The number of hydrogen-bond acceptors (Lipinski definition) is 4. The molecular weight excluding hydrogens is 230 g/mol. The summed E-state index contributed by atoms with van der Waals surface area (Å²) in [4.78, 5) is 0. The lowest BCUT2D eigenvalue weighted by Gasteiger charge is -2.25. The largest absolute Gasteiger partial charge is 0.493 e. The van der Waals surface area contributed by atoms with Crippen molar-refractivity contribution >= 4 is 0 Å². The third kappa shape index (κ3) is 3.62. The Labute approximate surface area is 109 Å². The van der Waals surface area contributed by atoms with E-state index in [0.29, 0.717) is 18.0 Å². The molecule has 1 aromatic rings. The molecule has 0 heterocycles. The van der Waals surface area contributed by atoms with E-state index in [1.165, 1.54) is 0 Å². The third-order valence-electron chi connectivity index (χ3n) is 2.90. The standard InChI is InChI=1S/C14H23NO3/c1-5-8-15-10-14(2,16)11-6-7-12(17-3)13(9-11)18-4/h6-7,9,15-16H,5,8,10H2,1-4H3. The molecule has 1 aromatic carbocycles. The van der Waals surface area contributed by atoms with Gasteiger partial charge in [-0.3, -0.25) is 0 Å². The lowest BCUT2D eigenvalue weighted by Crippen LogP contribution is -2.35. The molecule has 2 N–H and O–H groups in total. The number of hydrogen-bond donors (Lipinski definition) is 2. The molecule has 0 amide bonds. The minimum Gasteiger partial charge on any atom is -0.493 e. The van der Waals surface area contributed by atoms with Crippen LogP contribution < -0.4 is 14.8 Å². The molecule has 4 nitrogen and oxygen atoms in total. The van der Waals surface area contributed by atoms with Gasteiger partial charge in [-0.2, -0.15) is 0 Å². The number of ether oxygens (including phenoxy) is 2. The van der Waals surface area contributed by atoms with Gasteiger partial charge in [0.2, 0.25) is 0 Å². The van der Waals surface area contributed by atoms with Gasteiger partial charge in [-0.25, -0.2) is 0 Å². The van der Waals surface area contributed by atoms with E-state index in [1.54, 1.807) is 21.1 Å². The Morgan fingerprint density at radius 3 is 2.44 bits per heavy atom. The monoisotopic (exact) mass is 253 g/mol. The molecule has 102 valence electrons. The van der Waals surface area contributed by atoms with E-state index in [4.69, 9.17) is 9.47 Å². The average Bonchev–Trinajstić information content (AvgIpc) is 2.38. The molecule has 0 aliphatic rings. The molecule has 0 saturated heterocycles. The lowest BCUT2D eigenvalue weighted by atomic mass is 9.95. The summed E-state index contributed by atoms with van der Waals surface area (Å²) >= 11 is 0. The summed E-state index contributed by atoms with van der Waals surface area (Å²) in [6, 6.07) is 5.48. The van der Waals surface area contributed by atoms with Crippen molar-refractivity contribution in [3.63, 3.8) is 0 Å². The van der Waals surface area contributed by atoms with E-state index in [9.17, 15) is 5.11 Å². The molecule has 0 radical (unpaired) electrons. The summed E-state index contributed by atoms with van der Waals surface area (Å²) in [5, 5.41) is 13.7. The second-order valence-electron chi connectivity index (χ2n) is 4.52. The van der Waals surface area contributed by atoms with E-state index < -0.39 is 5.60 Å². The fourth-order valence-electron chi connectivity index (χ4n) is 1.78. The molecule has 0 aliphatic carbocycles. The molecule has 4 heteroatoms. The molecule has 0 fully saturated rings. The average molecular weight is 253 g/mol. The molecule has 18 heavy (non-hydrogen) atoms. The van der Waals surface area contributed by atoms with Gasteiger partial charge >= 0.3 is 0 Å². The van der Waals surface area contributed by atoms with Crippen LogP contribution >= 0.6 is 0 Å². The molecule has 0 aliphatic heterocycles.